The highest BCUT2D eigenvalue weighted by Crippen LogP contribution is 2.32. The molecule has 2 aromatic rings. The average Bonchev–Trinajstić information content (AvgIpc) is 2.75. The van der Waals surface area contributed by atoms with Crippen LogP contribution in [0, 0.1) is 27.7 Å². The smallest absolute Gasteiger partial charge is 0.167 e. The van der Waals surface area contributed by atoms with Gasteiger partial charge in [-0.1, -0.05) is 11.2 Å². The van der Waals surface area contributed by atoms with Crippen LogP contribution in [-0.2, 0) is 5.88 Å². The predicted molar refractivity (Wildman–Crippen MR) is 70.4 cm³/mol. The monoisotopic (exact) mass is 249 g/mol. The van der Waals surface area contributed by atoms with Crippen molar-refractivity contribution in [3.63, 3.8) is 0 Å². The highest BCUT2D eigenvalue weighted by molar-refractivity contribution is 6.16. The maximum atomic E-state index is 5.75. The highest BCUT2D eigenvalue weighted by atomic mass is 35.5. The maximum absolute atomic E-state index is 5.75. The van der Waals surface area contributed by atoms with E-state index in [-0.39, 0.29) is 0 Å². The van der Waals surface area contributed by atoms with E-state index >= 15 is 0 Å². The molecule has 0 aliphatic carbocycles. The number of rotatable bonds is 2. The predicted octanol–water partition coefficient (Wildman–Crippen LogP) is 4.31. The molecule has 0 amide bonds. The van der Waals surface area contributed by atoms with Crippen LogP contribution in [0.2, 0.25) is 0 Å². The normalized spacial score (nSPS) is 10.9. The number of benzene rings is 1. The highest BCUT2D eigenvalue weighted by Gasteiger charge is 2.14. The zero-order chi connectivity index (χ0) is 12.6. The second-order valence-corrected chi connectivity index (χ2v) is 4.72. The summed E-state index contributed by atoms with van der Waals surface area (Å²) in [5, 5.41) is 3.95. The van der Waals surface area contributed by atoms with E-state index in [9.17, 15) is 0 Å². The summed E-state index contributed by atoms with van der Waals surface area (Å²) in [7, 11) is 0. The van der Waals surface area contributed by atoms with Crippen molar-refractivity contribution in [1.29, 1.82) is 0 Å². The lowest BCUT2D eigenvalue weighted by molar-refractivity contribution is 0.426. The van der Waals surface area contributed by atoms with Crippen LogP contribution in [-0.4, -0.2) is 5.16 Å². The molecule has 0 unspecified atom stereocenters. The van der Waals surface area contributed by atoms with Gasteiger partial charge >= 0.3 is 0 Å². The minimum Gasteiger partial charge on any atom is -0.356 e. The summed E-state index contributed by atoms with van der Waals surface area (Å²) in [5.74, 6) is 1.19. The largest absolute Gasteiger partial charge is 0.356 e. The third-order valence-electron chi connectivity index (χ3n) is 3.31. The third kappa shape index (κ3) is 2.09. The van der Waals surface area contributed by atoms with Crippen molar-refractivity contribution in [1.82, 2.24) is 5.16 Å². The van der Waals surface area contributed by atoms with Gasteiger partial charge in [0.2, 0.25) is 0 Å². The summed E-state index contributed by atoms with van der Waals surface area (Å²) < 4.78 is 5.38. The molecule has 0 saturated heterocycles. The van der Waals surface area contributed by atoms with Crippen molar-refractivity contribution in [3.05, 3.63) is 40.1 Å². The van der Waals surface area contributed by atoms with Gasteiger partial charge in [-0.05, 0) is 49.9 Å². The molecule has 2 rings (SSSR count). The zero-order valence-corrected chi connectivity index (χ0v) is 11.4. The molecule has 0 radical (unpaired) electrons. The van der Waals surface area contributed by atoms with Crippen LogP contribution in [0.5, 0.6) is 0 Å². The fourth-order valence-electron chi connectivity index (χ4n) is 2.08. The summed E-state index contributed by atoms with van der Waals surface area (Å²) >= 11 is 5.75. The molecule has 0 fully saturated rings. The molecule has 2 nitrogen and oxygen atoms in total. The van der Waals surface area contributed by atoms with Crippen LogP contribution in [0.3, 0.4) is 0 Å². The Morgan fingerprint density at radius 2 is 1.65 bits per heavy atom. The van der Waals surface area contributed by atoms with Crippen LogP contribution in [0.25, 0.3) is 11.3 Å². The molecule has 0 N–H and O–H groups in total. The van der Waals surface area contributed by atoms with Gasteiger partial charge in [0.15, 0.2) is 5.76 Å². The summed E-state index contributed by atoms with van der Waals surface area (Å²) in [6.45, 7) is 8.45. The Labute approximate surface area is 107 Å². The Hall–Kier alpha value is -1.28. The van der Waals surface area contributed by atoms with Gasteiger partial charge in [-0.15, -0.1) is 11.6 Å². The van der Waals surface area contributed by atoms with Crippen molar-refractivity contribution < 1.29 is 4.52 Å². The van der Waals surface area contributed by atoms with Crippen LogP contribution < -0.4 is 0 Å². The van der Waals surface area contributed by atoms with Gasteiger partial charge < -0.3 is 4.52 Å². The second kappa shape index (κ2) is 4.53. The van der Waals surface area contributed by atoms with Gasteiger partial charge in [0, 0.05) is 11.6 Å². The molecule has 0 aliphatic rings. The van der Waals surface area contributed by atoms with Crippen molar-refractivity contribution >= 4 is 11.6 Å². The van der Waals surface area contributed by atoms with Crippen molar-refractivity contribution in [2.24, 2.45) is 0 Å². The lowest BCUT2D eigenvalue weighted by atomic mass is 9.93. The van der Waals surface area contributed by atoms with E-state index in [0.717, 1.165) is 17.0 Å². The number of aromatic nitrogens is 1. The number of halogens is 1. The Morgan fingerprint density at radius 3 is 2.12 bits per heavy atom. The number of nitrogens with zero attached hydrogens (tertiary/aromatic N) is 1. The molecule has 0 spiro atoms. The van der Waals surface area contributed by atoms with E-state index < -0.39 is 0 Å². The van der Waals surface area contributed by atoms with Gasteiger partial charge in [0.1, 0.15) is 0 Å². The van der Waals surface area contributed by atoms with E-state index in [4.69, 9.17) is 16.1 Å². The van der Waals surface area contributed by atoms with Crippen LogP contribution >= 0.6 is 11.6 Å². The van der Waals surface area contributed by atoms with Crippen LogP contribution in [0.15, 0.2) is 16.7 Å². The van der Waals surface area contributed by atoms with Gasteiger partial charge in [-0.3, -0.25) is 0 Å². The molecule has 1 aromatic heterocycles. The average molecular weight is 250 g/mol. The van der Waals surface area contributed by atoms with E-state index in [2.05, 4.69) is 38.9 Å². The first kappa shape index (κ1) is 12.2. The summed E-state index contributed by atoms with van der Waals surface area (Å²) in [6.07, 6.45) is 0. The minimum atomic E-state index is 0.381. The second-order valence-electron chi connectivity index (χ2n) is 4.45. The molecule has 0 bridgehead atoms. The maximum Gasteiger partial charge on any atom is 0.167 e. The van der Waals surface area contributed by atoms with E-state index in [1.165, 1.54) is 22.3 Å². The van der Waals surface area contributed by atoms with Crippen LogP contribution in [0.1, 0.15) is 27.9 Å². The molecule has 0 aliphatic heterocycles. The molecule has 0 saturated carbocycles. The van der Waals surface area contributed by atoms with Gasteiger partial charge in [0.25, 0.3) is 0 Å². The minimum absolute atomic E-state index is 0.381. The van der Waals surface area contributed by atoms with Crippen molar-refractivity contribution in [3.8, 4) is 11.3 Å². The van der Waals surface area contributed by atoms with E-state index in [1.54, 1.807) is 0 Å². The van der Waals surface area contributed by atoms with Gasteiger partial charge in [-0.2, -0.15) is 0 Å². The van der Waals surface area contributed by atoms with Crippen molar-refractivity contribution in [2.75, 3.05) is 0 Å². The summed E-state index contributed by atoms with van der Waals surface area (Å²) in [4.78, 5) is 0. The first-order valence-corrected chi connectivity index (χ1v) is 6.17. The quantitative estimate of drug-likeness (QED) is 0.741. The molecule has 90 valence electrons. The Kier molecular flexibility index (Phi) is 3.25. The zero-order valence-electron chi connectivity index (χ0n) is 10.6. The first-order chi connectivity index (χ1) is 8.04. The number of alkyl halides is 1. The molecular formula is C14H16ClNO. The molecule has 1 heterocycles. The third-order valence-corrected chi connectivity index (χ3v) is 3.58. The first-order valence-electron chi connectivity index (χ1n) is 5.64. The molecular weight excluding hydrogens is 234 g/mol. The van der Waals surface area contributed by atoms with Crippen molar-refractivity contribution in [2.45, 2.75) is 33.6 Å². The Balaban J connectivity index is 2.65. The summed E-state index contributed by atoms with van der Waals surface area (Å²) in [6, 6.07) is 4.12. The lowest BCUT2D eigenvalue weighted by Crippen LogP contribution is -1.94. The summed E-state index contributed by atoms with van der Waals surface area (Å²) in [5.41, 5.74) is 6.94. The molecule has 0 atom stereocenters. The number of hydrogen-bond acceptors (Lipinski definition) is 2. The van der Waals surface area contributed by atoms with Crippen LogP contribution in [0.4, 0.5) is 0 Å². The molecule has 1 aromatic carbocycles. The molecule has 3 heteroatoms. The number of aryl methyl sites for hydroxylation is 2. The van der Waals surface area contributed by atoms with E-state index in [1.807, 2.05) is 6.07 Å². The SMILES string of the molecule is Cc1cc(C)c(C)c(-c2cc(CCl)no2)c1C. The van der Waals surface area contributed by atoms with E-state index in [0.29, 0.717) is 5.88 Å². The fraction of sp³-hybridized carbons (Fsp3) is 0.357. The van der Waals surface area contributed by atoms with Gasteiger partial charge in [-0.25, -0.2) is 0 Å². The molecule has 17 heavy (non-hydrogen) atoms. The number of hydrogen-bond donors (Lipinski definition) is 0. The Morgan fingerprint density at radius 1 is 1.06 bits per heavy atom. The Bertz CT molecular complexity index is 531. The topological polar surface area (TPSA) is 26.0 Å². The standard InChI is InChI=1S/C14H16ClNO/c1-8-5-9(2)11(4)14(10(8)3)13-6-12(7-15)16-17-13/h5-6H,7H2,1-4H3. The fourth-order valence-corrected chi connectivity index (χ4v) is 2.21. The lowest BCUT2D eigenvalue weighted by Gasteiger charge is -2.12. The van der Waals surface area contributed by atoms with Gasteiger partial charge in [0.05, 0.1) is 11.6 Å².